The number of rotatable bonds is 7. The predicted molar refractivity (Wildman–Crippen MR) is 158 cm³/mol. The highest BCUT2D eigenvalue weighted by molar-refractivity contribution is 5.52. The van der Waals surface area contributed by atoms with Gasteiger partial charge in [0.2, 0.25) is 0 Å². The standard InChI is InChI=1S/C37H40/c1-26(35-20-27(2)37-11-7-6-10-34(37)25-35)12-13-30-22-33-19-16-29(23-36(33)24-30)21-28-14-17-32(18-15-28)31-8-4-3-5-9-31/h3-11,16,19-20,22-26,28,32,36-37H,2,12-15,17-18,21H2,1H3. The van der Waals surface area contributed by atoms with Gasteiger partial charge in [-0.1, -0.05) is 122 Å². The maximum atomic E-state index is 4.35. The molecule has 6 rings (SSSR count). The van der Waals surface area contributed by atoms with Crippen molar-refractivity contribution >= 4 is 0 Å². The minimum atomic E-state index is 0.373. The summed E-state index contributed by atoms with van der Waals surface area (Å²) in [4.78, 5) is 0. The number of fused-ring (bicyclic) bond motifs is 2. The third-order valence-corrected chi connectivity index (χ3v) is 9.24. The average molecular weight is 485 g/mol. The van der Waals surface area contributed by atoms with Gasteiger partial charge in [0.15, 0.2) is 0 Å². The Morgan fingerprint density at radius 1 is 0.838 bits per heavy atom. The zero-order valence-electron chi connectivity index (χ0n) is 22.3. The topological polar surface area (TPSA) is 0 Å². The normalized spacial score (nSPS) is 29.0. The van der Waals surface area contributed by atoms with Crippen LogP contribution < -0.4 is 0 Å². The van der Waals surface area contributed by atoms with Crippen LogP contribution in [-0.2, 0) is 0 Å². The molecule has 188 valence electrons. The Morgan fingerprint density at radius 2 is 1.65 bits per heavy atom. The molecule has 0 amide bonds. The molecule has 1 aromatic carbocycles. The van der Waals surface area contributed by atoms with Gasteiger partial charge in [-0.05, 0) is 90.6 Å². The van der Waals surface area contributed by atoms with Crippen LogP contribution in [0.5, 0.6) is 0 Å². The Morgan fingerprint density at radius 3 is 2.49 bits per heavy atom. The lowest BCUT2D eigenvalue weighted by Gasteiger charge is -2.29. The summed E-state index contributed by atoms with van der Waals surface area (Å²) >= 11 is 0. The Balaban J connectivity index is 1.02. The van der Waals surface area contributed by atoms with Gasteiger partial charge in [0.05, 0.1) is 0 Å². The fraction of sp³-hybridized carbons (Fsp3) is 0.351. The quantitative estimate of drug-likeness (QED) is 0.361. The van der Waals surface area contributed by atoms with Crippen LogP contribution in [0.1, 0.15) is 63.4 Å². The monoisotopic (exact) mass is 484 g/mol. The van der Waals surface area contributed by atoms with Crippen molar-refractivity contribution in [2.45, 2.75) is 57.8 Å². The van der Waals surface area contributed by atoms with Crippen molar-refractivity contribution in [3.63, 3.8) is 0 Å². The third kappa shape index (κ3) is 5.45. The SMILES string of the molecule is C=C1C=C(C(C)CCC2=CC3C=C(CC4CCC(c5ccccc5)CC4)C=CC3=C2)C=C2C=CC=CC12. The van der Waals surface area contributed by atoms with Crippen molar-refractivity contribution in [3.05, 3.63) is 143 Å². The fourth-order valence-corrected chi connectivity index (χ4v) is 6.93. The summed E-state index contributed by atoms with van der Waals surface area (Å²) in [6.07, 6.45) is 34.8. The first-order valence-electron chi connectivity index (χ1n) is 14.5. The molecule has 0 heterocycles. The van der Waals surface area contributed by atoms with Crippen LogP contribution in [0.3, 0.4) is 0 Å². The van der Waals surface area contributed by atoms with Crippen molar-refractivity contribution < 1.29 is 0 Å². The first kappa shape index (κ1) is 24.2. The van der Waals surface area contributed by atoms with E-state index >= 15 is 0 Å². The van der Waals surface area contributed by atoms with E-state index in [0.29, 0.717) is 17.8 Å². The molecular formula is C37H40. The van der Waals surface area contributed by atoms with E-state index in [1.165, 1.54) is 66.4 Å². The largest absolute Gasteiger partial charge is 0.0949 e. The van der Waals surface area contributed by atoms with Crippen LogP contribution in [0.4, 0.5) is 0 Å². The van der Waals surface area contributed by atoms with E-state index in [0.717, 1.165) is 18.3 Å². The van der Waals surface area contributed by atoms with E-state index in [1.54, 1.807) is 11.1 Å². The maximum absolute atomic E-state index is 4.35. The lowest BCUT2D eigenvalue weighted by atomic mass is 9.76. The molecule has 0 bridgehead atoms. The molecule has 0 spiro atoms. The van der Waals surface area contributed by atoms with E-state index in [9.17, 15) is 0 Å². The van der Waals surface area contributed by atoms with Gasteiger partial charge < -0.3 is 0 Å². The average Bonchev–Trinajstić information content (AvgIpc) is 3.35. The van der Waals surface area contributed by atoms with E-state index in [-0.39, 0.29) is 0 Å². The molecule has 5 aliphatic rings. The van der Waals surface area contributed by atoms with Crippen LogP contribution in [0, 0.1) is 23.7 Å². The molecule has 1 aromatic rings. The van der Waals surface area contributed by atoms with Gasteiger partial charge in [0.1, 0.15) is 0 Å². The summed E-state index contributed by atoms with van der Waals surface area (Å²) in [6, 6.07) is 11.1. The summed E-state index contributed by atoms with van der Waals surface area (Å²) in [6.45, 7) is 6.72. The number of allylic oxidation sites excluding steroid dienone is 17. The van der Waals surface area contributed by atoms with Crippen LogP contribution >= 0.6 is 0 Å². The van der Waals surface area contributed by atoms with Crippen molar-refractivity contribution in [3.8, 4) is 0 Å². The molecule has 0 radical (unpaired) electrons. The summed E-state index contributed by atoms with van der Waals surface area (Å²) in [5.74, 6) is 3.01. The van der Waals surface area contributed by atoms with Crippen molar-refractivity contribution in [1.29, 1.82) is 0 Å². The van der Waals surface area contributed by atoms with Gasteiger partial charge in [-0.15, -0.1) is 0 Å². The second-order valence-corrected chi connectivity index (χ2v) is 11.8. The maximum Gasteiger partial charge on any atom is 0.0266 e. The molecule has 0 nitrogen and oxygen atoms in total. The van der Waals surface area contributed by atoms with Crippen LogP contribution in [0.2, 0.25) is 0 Å². The Kier molecular flexibility index (Phi) is 7.01. The summed E-state index contributed by atoms with van der Waals surface area (Å²) in [5.41, 5.74) is 10.1. The molecule has 3 unspecified atom stereocenters. The van der Waals surface area contributed by atoms with Crippen LogP contribution in [0.15, 0.2) is 137 Å². The van der Waals surface area contributed by atoms with E-state index in [4.69, 9.17) is 0 Å². The lowest BCUT2D eigenvalue weighted by molar-refractivity contribution is 0.325. The Bertz CT molecular complexity index is 1270. The van der Waals surface area contributed by atoms with E-state index < -0.39 is 0 Å². The minimum Gasteiger partial charge on any atom is -0.0949 e. The van der Waals surface area contributed by atoms with Gasteiger partial charge in [-0.25, -0.2) is 0 Å². The summed E-state index contributed by atoms with van der Waals surface area (Å²) < 4.78 is 0. The zero-order chi connectivity index (χ0) is 25.2. The molecule has 0 aliphatic heterocycles. The van der Waals surface area contributed by atoms with Gasteiger partial charge in [0.25, 0.3) is 0 Å². The third-order valence-electron chi connectivity index (χ3n) is 9.24. The van der Waals surface area contributed by atoms with Gasteiger partial charge in [0, 0.05) is 11.8 Å². The van der Waals surface area contributed by atoms with Gasteiger partial charge in [-0.2, -0.15) is 0 Å². The second kappa shape index (κ2) is 10.7. The number of benzene rings is 1. The van der Waals surface area contributed by atoms with Gasteiger partial charge >= 0.3 is 0 Å². The molecule has 5 aliphatic carbocycles. The molecule has 3 atom stereocenters. The van der Waals surface area contributed by atoms with Crippen molar-refractivity contribution in [2.24, 2.45) is 23.7 Å². The summed E-state index contributed by atoms with van der Waals surface area (Å²) in [7, 11) is 0. The van der Waals surface area contributed by atoms with Crippen molar-refractivity contribution in [2.75, 3.05) is 0 Å². The molecule has 1 fully saturated rings. The first-order valence-corrected chi connectivity index (χ1v) is 14.5. The van der Waals surface area contributed by atoms with Gasteiger partial charge in [-0.3, -0.25) is 0 Å². The second-order valence-electron chi connectivity index (χ2n) is 11.8. The van der Waals surface area contributed by atoms with E-state index in [2.05, 4.69) is 111 Å². The molecule has 0 aromatic heterocycles. The molecule has 1 saturated carbocycles. The first-order chi connectivity index (χ1) is 18.1. The van der Waals surface area contributed by atoms with Crippen LogP contribution in [0.25, 0.3) is 0 Å². The fourth-order valence-electron chi connectivity index (χ4n) is 6.93. The lowest BCUT2D eigenvalue weighted by Crippen LogP contribution is -2.14. The van der Waals surface area contributed by atoms with Crippen LogP contribution in [-0.4, -0.2) is 0 Å². The molecule has 37 heavy (non-hydrogen) atoms. The Hall–Kier alpha value is -3.12. The zero-order valence-corrected chi connectivity index (χ0v) is 22.3. The predicted octanol–water partition coefficient (Wildman–Crippen LogP) is 9.91. The molecule has 0 heteroatoms. The molecule has 0 N–H and O–H groups in total. The number of hydrogen-bond donors (Lipinski definition) is 0. The highest BCUT2D eigenvalue weighted by Crippen LogP contribution is 2.41. The highest BCUT2D eigenvalue weighted by atomic mass is 14.3. The molecular weight excluding hydrogens is 444 g/mol. The highest BCUT2D eigenvalue weighted by Gasteiger charge is 2.25. The number of hydrogen-bond acceptors (Lipinski definition) is 0. The Labute approximate surface area is 224 Å². The summed E-state index contributed by atoms with van der Waals surface area (Å²) in [5, 5.41) is 0. The smallest absolute Gasteiger partial charge is 0.0266 e. The minimum absolute atomic E-state index is 0.373. The van der Waals surface area contributed by atoms with Crippen molar-refractivity contribution in [1.82, 2.24) is 0 Å². The van der Waals surface area contributed by atoms with E-state index in [1.807, 2.05) is 0 Å². The molecule has 0 saturated heterocycles.